The third-order valence-corrected chi connectivity index (χ3v) is 8.68. The Balaban J connectivity index is 1.46. The molecule has 0 aromatic carbocycles. The van der Waals surface area contributed by atoms with Crippen molar-refractivity contribution in [3.8, 4) is 0 Å². The van der Waals surface area contributed by atoms with Gasteiger partial charge in [-0.2, -0.15) is 0 Å². The number of thiazole rings is 1. The molecule has 1 N–H and O–H groups in total. The van der Waals surface area contributed by atoms with E-state index < -0.39 is 5.09 Å². The molecule has 2 aliphatic carbocycles. The molecule has 0 spiro atoms. The summed E-state index contributed by atoms with van der Waals surface area (Å²) in [4.78, 5) is 46.3. The van der Waals surface area contributed by atoms with Crippen LogP contribution in [0.3, 0.4) is 0 Å². The molecule has 1 atom stereocenters. The molecule has 1 fully saturated rings. The van der Waals surface area contributed by atoms with Crippen LogP contribution in [0.5, 0.6) is 0 Å². The Kier molecular flexibility index (Phi) is 10.3. The summed E-state index contributed by atoms with van der Waals surface area (Å²) in [6.45, 7) is 2.87. The topological polar surface area (TPSA) is 116 Å². The van der Waals surface area contributed by atoms with Gasteiger partial charge >= 0.3 is 0 Å². The Bertz CT molecular complexity index is 1150. The number of rotatable bonds is 11. The minimum atomic E-state index is -0.768. The van der Waals surface area contributed by atoms with Crippen molar-refractivity contribution in [2.45, 2.75) is 103 Å². The number of fused-ring (bicyclic) bond motifs is 1. The van der Waals surface area contributed by atoms with E-state index in [0.29, 0.717) is 30.4 Å². The van der Waals surface area contributed by atoms with E-state index in [4.69, 9.17) is 0 Å². The number of hydrogen-bond acceptors (Lipinski definition) is 7. The van der Waals surface area contributed by atoms with Crippen molar-refractivity contribution in [2.24, 2.45) is 11.8 Å². The second-order valence-corrected chi connectivity index (χ2v) is 11.8. The Morgan fingerprint density at radius 1 is 1.21 bits per heavy atom. The first-order valence-electron chi connectivity index (χ1n) is 14.2. The van der Waals surface area contributed by atoms with Gasteiger partial charge in [-0.05, 0) is 81.3 Å². The smallest absolute Gasteiger partial charge is 0.294 e. The van der Waals surface area contributed by atoms with Gasteiger partial charge in [-0.1, -0.05) is 39.0 Å². The fourth-order valence-corrected chi connectivity index (χ4v) is 6.59. The van der Waals surface area contributed by atoms with Gasteiger partial charge in [0.2, 0.25) is 0 Å². The molecule has 1 unspecified atom stereocenters. The number of carbonyl (C=O) groups excluding carboxylic acids is 1. The minimum absolute atomic E-state index is 0.0920. The van der Waals surface area contributed by atoms with Gasteiger partial charge < -0.3 is 9.40 Å². The van der Waals surface area contributed by atoms with Crippen molar-refractivity contribution < 1.29 is 14.7 Å². The molecule has 4 rings (SSSR count). The molecule has 0 radical (unpaired) electrons. The van der Waals surface area contributed by atoms with Crippen LogP contribution in [0, 0.1) is 22.0 Å². The molecule has 0 aliphatic heterocycles. The van der Waals surface area contributed by atoms with Crippen LogP contribution in [0.15, 0.2) is 16.2 Å². The van der Waals surface area contributed by atoms with Gasteiger partial charge in [0.05, 0.1) is 12.3 Å². The van der Waals surface area contributed by atoms with Crippen LogP contribution >= 0.6 is 11.3 Å². The van der Waals surface area contributed by atoms with E-state index in [-0.39, 0.29) is 29.6 Å². The number of aromatic nitrogens is 2. The quantitative estimate of drug-likeness (QED) is 0.212. The Morgan fingerprint density at radius 2 is 1.95 bits per heavy atom. The molecule has 2 aromatic rings. The fraction of sp³-hybridized carbons (Fsp3) is 0.679. The van der Waals surface area contributed by atoms with Gasteiger partial charge in [0.25, 0.3) is 16.6 Å². The summed E-state index contributed by atoms with van der Waals surface area (Å²) in [7, 11) is 0. The average Bonchev–Trinajstić information content (AvgIpc) is 3.31. The highest BCUT2D eigenvalue weighted by atomic mass is 32.1. The predicted octanol–water partition coefficient (Wildman–Crippen LogP) is 5.96. The first kappa shape index (κ1) is 28.3. The largest absolute Gasteiger partial charge is 0.314 e. The lowest BCUT2D eigenvalue weighted by Crippen LogP contribution is -2.35. The van der Waals surface area contributed by atoms with Crippen molar-refractivity contribution in [2.75, 3.05) is 11.9 Å². The minimum Gasteiger partial charge on any atom is -0.314 e. The van der Waals surface area contributed by atoms with Crippen molar-refractivity contribution in [1.29, 1.82) is 0 Å². The van der Waals surface area contributed by atoms with Crippen LogP contribution in [0.1, 0.15) is 105 Å². The lowest BCUT2D eigenvalue weighted by atomic mass is 9.88. The molecule has 2 aliphatic rings. The van der Waals surface area contributed by atoms with E-state index in [9.17, 15) is 19.7 Å². The lowest BCUT2D eigenvalue weighted by Gasteiger charge is -2.26. The zero-order valence-corrected chi connectivity index (χ0v) is 23.2. The number of carbonyl (C=O) groups is 1. The molecule has 1 amide bonds. The summed E-state index contributed by atoms with van der Waals surface area (Å²) in [6.07, 6.45) is 14.5. The van der Waals surface area contributed by atoms with E-state index >= 15 is 0 Å². The average molecular weight is 545 g/mol. The number of aryl methyl sites for hydroxylation is 1. The summed E-state index contributed by atoms with van der Waals surface area (Å²) in [5.41, 5.74) is 3.21. The van der Waals surface area contributed by atoms with Crippen molar-refractivity contribution in [1.82, 2.24) is 9.55 Å². The highest BCUT2D eigenvalue weighted by Gasteiger charge is 2.23. The van der Waals surface area contributed by atoms with E-state index in [2.05, 4.69) is 22.1 Å². The van der Waals surface area contributed by atoms with Crippen molar-refractivity contribution >= 4 is 22.4 Å². The summed E-state index contributed by atoms with van der Waals surface area (Å²) in [5, 5.41) is 14.8. The second-order valence-electron chi connectivity index (χ2n) is 11.0. The highest BCUT2D eigenvalue weighted by molar-refractivity contribution is 7.14. The number of pyridine rings is 1. The van der Waals surface area contributed by atoms with Gasteiger partial charge in [0.1, 0.15) is 5.56 Å². The molecule has 1 saturated carbocycles. The van der Waals surface area contributed by atoms with E-state index in [1.54, 1.807) is 0 Å². The third-order valence-electron chi connectivity index (χ3n) is 7.88. The maximum atomic E-state index is 13.7. The van der Waals surface area contributed by atoms with Crippen LogP contribution in [0.4, 0.5) is 5.13 Å². The Hall–Kier alpha value is -2.75. The fourth-order valence-electron chi connectivity index (χ4n) is 5.87. The molecular formula is C28H40N4O5S. The summed E-state index contributed by atoms with van der Waals surface area (Å²) < 4.78 is 1.95. The van der Waals surface area contributed by atoms with E-state index in [1.165, 1.54) is 43.4 Å². The zero-order chi connectivity index (χ0) is 26.9. The summed E-state index contributed by atoms with van der Waals surface area (Å²) in [5.74, 6) is 0.392. The monoisotopic (exact) mass is 544 g/mol. The van der Waals surface area contributed by atoms with Gasteiger partial charge in [0, 0.05) is 17.6 Å². The highest BCUT2D eigenvalue weighted by Crippen LogP contribution is 2.27. The maximum Gasteiger partial charge on any atom is 0.294 e. The molecule has 10 heteroatoms. The van der Waals surface area contributed by atoms with Gasteiger partial charge in [-0.15, -0.1) is 21.5 Å². The number of anilines is 1. The number of amides is 1. The number of hydrogen-bond donors (Lipinski definition) is 1. The standard InChI is InChI=1S/C28H40N4O5S/c1-20(10-9-15-37-32(35)36)16-23-19-38-28(29-23)30-26(33)24-17-22-13-7-2-3-8-14-25(22)31(27(24)34)18-21-11-5-4-6-12-21/h17,19-21H,2-16,18H2,1H3,(H,29,30,33). The number of nitrogens with zero attached hydrogens (tertiary/aromatic N) is 3. The molecule has 9 nitrogen and oxygen atoms in total. The van der Waals surface area contributed by atoms with Crippen LogP contribution in [0.2, 0.25) is 0 Å². The second kappa shape index (κ2) is 13.9. The van der Waals surface area contributed by atoms with E-state index in [1.807, 2.05) is 16.0 Å². The van der Waals surface area contributed by atoms with Gasteiger partial charge in [-0.3, -0.25) is 14.9 Å². The first-order valence-corrected chi connectivity index (χ1v) is 15.1. The molecule has 0 bridgehead atoms. The van der Waals surface area contributed by atoms with Crippen molar-refractivity contribution in [3.63, 3.8) is 0 Å². The molecule has 2 aromatic heterocycles. The van der Waals surface area contributed by atoms with Crippen LogP contribution < -0.4 is 10.9 Å². The predicted molar refractivity (Wildman–Crippen MR) is 148 cm³/mol. The maximum absolute atomic E-state index is 13.7. The van der Waals surface area contributed by atoms with Gasteiger partial charge in [-0.25, -0.2) is 4.98 Å². The SMILES string of the molecule is CC(CCCO[N+](=O)[O-])Cc1csc(NC(=O)c2cc3c(n(CC4CCCCC4)c2=O)CCCCCC3)n1. The van der Waals surface area contributed by atoms with Crippen LogP contribution in [-0.4, -0.2) is 27.2 Å². The lowest BCUT2D eigenvalue weighted by molar-refractivity contribution is -0.757. The summed E-state index contributed by atoms with van der Waals surface area (Å²) >= 11 is 1.35. The summed E-state index contributed by atoms with van der Waals surface area (Å²) in [6, 6.07) is 1.85. The Morgan fingerprint density at radius 3 is 2.71 bits per heavy atom. The zero-order valence-electron chi connectivity index (χ0n) is 22.4. The van der Waals surface area contributed by atoms with Crippen LogP contribution in [-0.2, 0) is 30.6 Å². The van der Waals surface area contributed by atoms with E-state index in [0.717, 1.165) is 61.9 Å². The molecule has 2 heterocycles. The first-order chi connectivity index (χ1) is 18.4. The van der Waals surface area contributed by atoms with Crippen LogP contribution in [0.25, 0.3) is 0 Å². The number of nitrogens with one attached hydrogen (secondary N) is 1. The Labute approximate surface area is 228 Å². The molecule has 38 heavy (non-hydrogen) atoms. The molecule has 0 saturated heterocycles. The van der Waals surface area contributed by atoms with Crippen molar-refractivity contribution in [3.05, 3.63) is 54.4 Å². The van der Waals surface area contributed by atoms with Gasteiger partial charge in [0.15, 0.2) is 5.13 Å². The molecular weight excluding hydrogens is 504 g/mol. The third kappa shape index (κ3) is 7.88. The normalized spacial score (nSPS) is 17.2. The molecule has 208 valence electrons.